The number of Topliss-reactive ketones (excluding diaryl/α,β-unsaturated/α-hetero) is 1. The van der Waals surface area contributed by atoms with Crippen LogP contribution in [0, 0.1) is 6.92 Å². The number of carbonyl (C=O) groups excluding carboxylic acids is 1. The lowest BCUT2D eigenvalue weighted by Gasteiger charge is -2.00. The number of hydrogen-bond donors (Lipinski definition) is 0. The van der Waals surface area contributed by atoms with Gasteiger partial charge in [0.2, 0.25) is 5.78 Å². The van der Waals surface area contributed by atoms with E-state index in [1.807, 2.05) is 37.3 Å². The molecule has 1 saturated heterocycles. The van der Waals surface area contributed by atoms with Gasteiger partial charge in [0.15, 0.2) is 6.10 Å². The first-order valence-electron chi connectivity index (χ1n) is 7.42. The van der Waals surface area contributed by atoms with E-state index in [1.54, 1.807) is 24.3 Å². The molecule has 3 aromatic rings. The van der Waals surface area contributed by atoms with Crippen LogP contribution in [-0.4, -0.2) is 11.9 Å². The molecule has 0 saturated carbocycles. The molecule has 2 aromatic carbocycles. The number of fused-ring (bicyclic) bond motifs is 1. The minimum atomic E-state index is -0.619. The monoisotopic (exact) mass is 306 g/mol. The fourth-order valence-corrected chi connectivity index (χ4v) is 2.71. The van der Waals surface area contributed by atoms with E-state index in [4.69, 9.17) is 9.15 Å². The maximum Gasteiger partial charge on any atom is 0.347 e. The van der Waals surface area contributed by atoms with Crippen LogP contribution in [0.5, 0.6) is 0 Å². The van der Waals surface area contributed by atoms with Gasteiger partial charge in [-0.1, -0.05) is 48.0 Å². The van der Waals surface area contributed by atoms with E-state index in [9.17, 15) is 9.59 Å². The first-order chi connectivity index (χ1) is 11.1. The summed E-state index contributed by atoms with van der Waals surface area (Å²) < 4.78 is 10.7. The summed E-state index contributed by atoms with van der Waals surface area (Å²) in [5.41, 5.74) is 1.99. The van der Waals surface area contributed by atoms with Gasteiger partial charge >= 0.3 is 5.63 Å². The van der Waals surface area contributed by atoms with Crippen LogP contribution < -0.4 is 5.63 Å². The number of benzene rings is 2. The Kier molecular flexibility index (Phi) is 3.13. The van der Waals surface area contributed by atoms with Gasteiger partial charge in [-0.25, -0.2) is 4.79 Å². The summed E-state index contributed by atoms with van der Waals surface area (Å²) in [5, 5.41) is 0.725. The largest absolute Gasteiger partial charge is 0.422 e. The lowest BCUT2D eigenvalue weighted by atomic mass is 10.0. The van der Waals surface area contributed by atoms with Crippen LogP contribution in [0.2, 0.25) is 0 Å². The predicted octanol–water partition coefficient (Wildman–Crippen LogP) is 3.42. The molecule has 0 radical (unpaired) electrons. The average molecular weight is 306 g/mol. The molecule has 0 aliphatic carbocycles. The second-order valence-corrected chi connectivity index (χ2v) is 5.74. The Balaban J connectivity index is 1.64. The third kappa shape index (κ3) is 2.47. The number of rotatable bonds is 3. The fourth-order valence-electron chi connectivity index (χ4n) is 2.71. The van der Waals surface area contributed by atoms with Crippen molar-refractivity contribution in [3.8, 4) is 0 Å². The van der Waals surface area contributed by atoms with Crippen molar-refractivity contribution in [1.29, 1.82) is 0 Å². The number of ether oxygens (including phenoxy) is 1. The Morgan fingerprint density at radius 2 is 1.78 bits per heavy atom. The second kappa shape index (κ2) is 5.18. The minimum Gasteiger partial charge on any atom is -0.422 e. The molecule has 2 atom stereocenters. The quantitative estimate of drug-likeness (QED) is 0.422. The van der Waals surface area contributed by atoms with Crippen molar-refractivity contribution in [2.45, 2.75) is 19.1 Å². The van der Waals surface area contributed by atoms with Gasteiger partial charge in [0.1, 0.15) is 17.3 Å². The summed E-state index contributed by atoms with van der Waals surface area (Å²) in [4.78, 5) is 24.6. The normalized spacial score (nSPS) is 19.7. The van der Waals surface area contributed by atoms with Crippen LogP contribution in [0.3, 0.4) is 0 Å². The number of carbonyl (C=O) groups is 1. The maximum absolute atomic E-state index is 12.5. The molecule has 0 bridgehead atoms. The van der Waals surface area contributed by atoms with E-state index >= 15 is 0 Å². The molecule has 0 spiro atoms. The van der Waals surface area contributed by atoms with E-state index in [0.29, 0.717) is 5.58 Å². The number of ketones is 1. The highest BCUT2D eigenvalue weighted by Crippen LogP contribution is 2.40. The van der Waals surface area contributed by atoms with Gasteiger partial charge in [-0.3, -0.25) is 4.79 Å². The molecule has 0 amide bonds. The standard InChI is InChI=1S/C19H14O4/c1-11-6-8-12(9-7-11)17-18(23-17)16(20)14-10-13-4-2-3-5-15(13)22-19(14)21/h2-10,17-18H,1H3/t17-,18-/m1/s1. The van der Waals surface area contributed by atoms with E-state index in [2.05, 4.69) is 0 Å². The predicted molar refractivity (Wildman–Crippen MR) is 85.6 cm³/mol. The molecule has 1 aliphatic rings. The summed E-state index contributed by atoms with van der Waals surface area (Å²) in [6.45, 7) is 2.00. The Morgan fingerprint density at radius 3 is 2.57 bits per heavy atom. The third-order valence-corrected chi connectivity index (χ3v) is 4.06. The Hall–Kier alpha value is -2.72. The zero-order valence-corrected chi connectivity index (χ0v) is 12.5. The highest BCUT2D eigenvalue weighted by Gasteiger charge is 2.47. The van der Waals surface area contributed by atoms with Gasteiger partial charge in [0, 0.05) is 5.39 Å². The van der Waals surface area contributed by atoms with Crippen molar-refractivity contribution in [3.05, 3.63) is 81.7 Å². The number of para-hydroxylation sites is 1. The Bertz CT molecular complexity index is 953. The second-order valence-electron chi connectivity index (χ2n) is 5.74. The van der Waals surface area contributed by atoms with Gasteiger partial charge in [0.05, 0.1) is 0 Å². The molecule has 4 heteroatoms. The molecule has 2 heterocycles. The highest BCUT2D eigenvalue weighted by atomic mass is 16.6. The molecule has 4 nitrogen and oxygen atoms in total. The molecule has 1 aliphatic heterocycles. The lowest BCUT2D eigenvalue weighted by molar-refractivity contribution is 0.0950. The molecule has 0 N–H and O–H groups in total. The molecule has 23 heavy (non-hydrogen) atoms. The van der Waals surface area contributed by atoms with Gasteiger partial charge in [0.25, 0.3) is 0 Å². The third-order valence-electron chi connectivity index (χ3n) is 4.06. The van der Waals surface area contributed by atoms with Crippen LogP contribution in [0.4, 0.5) is 0 Å². The van der Waals surface area contributed by atoms with E-state index in [1.165, 1.54) is 0 Å². The lowest BCUT2D eigenvalue weighted by Crippen LogP contribution is -2.18. The van der Waals surface area contributed by atoms with Gasteiger partial charge < -0.3 is 9.15 Å². The zero-order valence-electron chi connectivity index (χ0n) is 12.5. The van der Waals surface area contributed by atoms with E-state index < -0.39 is 11.7 Å². The molecule has 4 rings (SSSR count). The first-order valence-corrected chi connectivity index (χ1v) is 7.42. The SMILES string of the molecule is Cc1ccc([C@H]2O[C@@H]2C(=O)c2cc3ccccc3oc2=O)cc1. The van der Waals surface area contributed by atoms with Crippen LogP contribution >= 0.6 is 0 Å². The molecular weight excluding hydrogens is 292 g/mol. The van der Waals surface area contributed by atoms with E-state index in [0.717, 1.165) is 16.5 Å². The van der Waals surface area contributed by atoms with Crippen molar-refractivity contribution in [2.24, 2.45) is 0 Å². The molecular formula is C19H14O4. The average Bonchev–Trinajstić information content (AvgIpc) is 3.35. The first kappa shape index (κ1) is 13.9. The zero-order chi connectivity index (χ0) is 16.0. The van der Waals surface area contributed by atoms with Crippen LogP contribution in [0.25, 0.3) is 11.0 Å². The smallest absolute Gasteiger partial charge is 0.347 e. The van der Waals surface area contributed by atoms with Crippen molar-refractivity contribution in [1.82, 2.24) is 0 Å². The van der Waals surface area contributed by atoms with Crippen LogP contribution in [-0.2, 0) is 4.74 Å². The number of epoxide rings is 1. The minimum absolute atomic E-state index is 0.0447. The highest BCUT2D eigenvalue weighted by molar-refractivity contribution is 6.02. The van der Waals surface area contributed by atoms with Crippen LogP contribution in [0.15, 0.2) is 63.8 Å². The molecule has 1 fully saturated rings. The molecule has 0 unspecified atom stereocenters. The van der Waals surface area contributed by atoms with Crippen molar-refractivity contribution >= 4 is 16.8 Å². The van der Waals surface area contributed by atoms with Gasteiger partial charge in [-0.15, -0.1) is 0 Å². The number of hydrogen-bond acceptors (Lipinski definition) is 4. The van der Waals surface area contributed by atoms with E-state index in [-0.39, 0.29) is 17.5 Å². The molecule has 1 aromatic heterocycles. The maximum atomic E-state index is 12.5. The van der Waals surface area contributed by atoms with Crippen LogP contribution in [0.1, 0.15) is 27.6 Å². The summed E-state index contributed by atoms with van der Waals surface area (Å²) in [7, 11) is 0. The number of aryl methyl sites for hydroxylation is 1. The van der Waals surface area contributed by atoms with Gasteiger partial charge in [-0.2, -0.15) is 0 Å². The Morgan fingerprint density at radius 1 is 1.04 bits per heavy atom. The van der Waals surface area contributed by atoms with Gasteiger partial charge in [-0.05, 0) is 24.6 Å². The summed E-state index contributed by atoms with van der Waals surface area (Å²) in [6.07, 6.45) is -0.893. The van der Waals surface area contributed by atoms with Crippen molar-refractivity contribution in [3.63, 3.8) is 0 Å². The fraction of sp³-hybridized carbons (Fsp3) is 0.158. The van der Waals surface area contributed by atoms with Crippen molar-refractivity contribution < 1.29 is 13.9 Å². The summed E-state index contributed by atoms with van der Waals surface area (Å²) >= 11 is 0. The molecule has 114 valence electrons. The summed E-state index contributed by atoms with van der Waals surface area (Å²) in [6, 6.07) is 16.5. The topological polar surface area (TPSA) is 59.8 Å². The summed E-state index contributed by atoms with van der Waals surface area (Å²) in [5.74, 6) is -0.324. The van der Waals surface area contributed by atoms with Crippen molar-refractivity contribution in [2.75, 3.05) is 0 Å². The Labute approximate surface area is 132 Å².